The van der Waals surface area contributed by atoms with Gasteiger partial charge in [-0.2, -0.15) is 0 Å². The monoisotopic (exact) mass is 282 g/mol. The zero-order valence-corrected chi connectivity index (χ0v) is 11.1. The summed E-state index contributed by atoms with van der Waals surface area (Å²) in [5, 5.41) is 8.97. The Morgan fingerprint density at radius 1 is 1.47 bits per heavy atom. The van der Waals surface area contributed by atoms with Crippen molar-refractivity contribution < 1.29 is 9.18 Å². The number of nitrogens with one attached hydrogen (secondary N) is 2. The van der Waals surface area contributed by atoms with Crippen molar-refractivity contribution in [2.24, 2.45) is 0 Å². The Bertz CT molecular complexity index is 612. The van der Waals surface area contributed by atoms with Crippen LogP contribution in [0, 0.1) is 5.82 Å². The number of hydrogen-bond acceptors (Lipinski definition) is 3. The molecule has 0 saturated carbocycles. The summed E-state index contributed by atoms with van der Waals surface area (Å²) in [5.74, 6) is -0.337. The largest absolute Gasteiger partial charge is 0.319 e. The molecule has 0 fully saturated rings. The highest BCUT2D eigenvalue weighted by Gasteiger charge is 2.14. The number of hydrogen-bond donors (Lipinski definition) is 2. The van der Waals surface area contributed by atoms with E-state index >= 15 is 0 Å². The first-order chi connectivity index (χ1) is 8.97. The molecule has 100 valence electrons. The lowest BCUT2D eigenvalue weighted by atomic mass is 10.2. The van der Waals surface area contributed by atoms with Gasteiger partial charge in [-0.3, -0.25) is 9.89 Å². The number of amides is 1. The van der Waals surface area contributed by atoms with E-state index in [4.69, 9.17) is 11.6 Å². The van der Waals surface area contributed by atoms with Crippen LogP contribution in [0.5, 0.6) is 0 Å². The molecular formula is C12H12ClFN4O. The van der Waals surface area contributed by atoms with Crippen molar-refractivity contribution in [1.82, 2.24) is 15.2 Å². The van der Waals surface area contributed by atoms with Crippen LogP contribution in [0.4, 0.5) is 10.1 Å². The first kappa shape index (κ1) is 13.5. The Morgan fingerprint density at radius 2 is 2.21 bits per heavy atom. The van der Waals surface area contributed by atoms with Crippen LogP contribution < -0.4 is 5.32 Å². The molecule has 0 saturated heterocycles. The van der Waals surface area contributed by atoms with E-state index in [1.807, 2.05) is 13.8 Å². The van der Waals surface area contributed by atoms with Gasteiger partial charge in [-0.25, -0.2) is 9.37 Å². The highest BCUT2D eigenvalue weighted by molar-refractivity contribution is 6.30. The van der Waals surface area contributed by atoms with Crippen molar-refractivity contribution in [3.8, 4) is 0 Å². The average molecular weight is 283 g/mol. The maximum atomic E-state index is 13.2. The second kappa shape index (κ2) is 5.36. The fourth-order valence-electron chi connectivity index (χ4n) is 1.39. The maximum Gasteiger partial charge on any atom is 0.295 e. The minimum Gasteiger partial charge on any atom is -0.319 e. The molecule has 0 radical (unpaired) electrons. The summed E-state index contributed by atoms with van der Waals surface area (Å²) in [6.45, 7) is 3.85. The van der Waals surface area contributed by atoms with Gasteiger partial charge in [0.1, 0.15) is 11.6 Å². The number of H-pyrrole nitrogens is 1. The summed E-state index contributed by atoms with van der Waals surface area (Å²) in [6, 6.07) is 4.00. The second-order valence-electron chi connectivity index (χ2n) is 4.28. The highest BCUT2D eigenvalue weighted by atomic mass is 35.5. The minimum absolute atomic E-state index is 0.00186. The van der Waals surface area contributed by atoms with E-state index in [1.165, 1.54) is 12.1 Å². The van der Waals surface area contributed by atoms with Gasteiger partial charge in [-0.15, -0.1) is 5.10 Å². The molecule has 0 aliphatic carbocycles. The maximum absolute atomic E-state index is 13.2. The Labute approximate surface area is 114 Å². The number of benzene rings is 1. The Morgan fingerprint density at radius 3 is 2.79 bits per heavy atom. The van der Waals surface area contributed by atoms with Crippen molar-refractivity contribution in [3.63, 3.8) is 0 Å². The molecule has 1 aromatic heterocycles. The van der Waals surface area contributed by atoms with Crippen molar-refractivity contribution in [2.45, 2.75) is 19.8 Å². The molecule has 2 N–H and O–H groups in total. The molecule has 0 aliphatic heterocycles. The van der Waals surface area contributed by atoms with Crippen LogP contribution in [0.2, 0.25) is 5.02 Å². The summed E-state index contributed by atoms with van der Waals surface area (Å²) in [5.41, 5.74) is 0.294. The first-order valence-corrected chi connectivity index (χ1v) is 6.04. The third-order valence-electron chi connectivity index (χ3n) is 2.43. The lowest BCUT2D eigenvalue weighted by Gasteiger charge is -2.03. The number of carbonyl (C=O) groups excluding carboxylic acids is 1. The zero-order chi connectivity index (χ0) is 14.0. The molecule has 0 atom stereocenters. The summed E-state index contributed by atoms with van der Waals surface area (Å²) in [6.07, 6.45) is 0. The van der Waals surface area contributed by atoms with Gasteiger partial charge in [-0.05, 0) is 18.2 Å². The Hall–Kier alpha value is -1.95. The third kappa shape index (κ3) is 3.08. The SMILES string of the molecule is CC(C)c1nc(C(=O)Nc2ccc(Cl)c(F)c2)n[nH]1. The van der Waals surface area contributed by atoms with Gasteiger partial charge in [0, 0.05) is 11.6 Å². The topological polar surface area (TPSA) is 70.7 Å². The van der Waals surface area contributed by atoms with E-state index < -0.39 is 11.7 Å². The van der Waals surface area contributed by atoms with E-state index in [0.29, 0.717) is 11.5 Å². The minimum atomic E-state index is -0.600. The Kier molecular flexibility index (Phi) is 3.80. The number of aromatic amines is 1. The van der Waals surface area contributed by atoms with Crippen LogP contribution in [-0.2, 0) is 0 Å². The van der Waals surface area contributed by atoms with Gasteiger partial charge in [0.2, 0.25) is 5.82 Å². The summed E-state index contributed by atoms with van der Waals surface area (Å²) < 4.78 is 13.2. The molecule has 1 heterocycles. The quantitative estimate of drug-likeness (QED) is 0.909. The highest BCUT2D eigenvalue weighted by Crippen LogP contribution is 2.19. The third-order valence-corrected chi connectivity index (χ3v) is 2.74. The molecule has 7 heteroatoms. The number of anilines is 1. The van der Waals surface area contributed by atoms with Gasteiger partial charge in [0.25, 0.3) is 5.91 Å². The molecule has 0 unspecified atom stereocenters. The van der Waals surface area contributed by atoms with Crippen LogP contribution in [0.25, 0.3) is 0 Å². The molecule has 5 nitrogen and oxygen atoms in total. The second-order valence-corrected chi connectivity index (χ2v) is 4.69. The number of aromatic nitrogens is 3. The smallest absolute Gasteiger partial charge is 0.295 e. The number of halogens is 2. The number of nitrogens with zero attached hydrogens (tertiary/aromatic N) is 2. The van der Waals surface area contributed by atoms with Gasteiger partial charge in [0.05, 0.1) is 5.02 Å². The summed E-state index contributed by atoms with van der Waals surface area (Å²) in [7, 11) is 0. The molecule has 0 bridgehead atoms. The molecule has 19 heavy (non-hydrogen) atoms. The van der Waals surface area contributed by atoms with Gasteiger partial charge >= 0.3 is 0 Å². The first-order valence-electron chi connectivity index (χ1n) is 5.66. The lowest BCUT2D eigenvalue weighted by Crippen LogP contribution is -2.14. The van der Waals surface area contributed by atoms with Crippen LogP contribution >= 0.6 is 11.6 Å². The summed E-state index contributed by atoms with van der Waals surface area (Å²) in [4.78, 5) is 15.9. The van der Waals surface area contributed by atoms with E-state index in [9.17, 15) is 9.18 Å². The van der Waals surface area contributed by atoms with E-state index in [1.54, 1.807) is 0 Å². The molecule has 2 aromatic rings. The van der Waals surface area contributed by atoms with Crippen LogP contribution in [0.15, 0.2) is 18.2 Å². The van der Waals surface area contributed by atoms with Crippen molar-refractivity contribution >= 4 is 23.2 Å². The van der Waals surface area contributed by atoms with Crippen LogP contribution in [0.1, 0.15) is 36.2 Å². The standard InChI is InChI=1S/C12H12ClFN4O/c1-6(2)10-16-11(18-17-10)12(19)15-7-3-4-8(13)9(14)5-7/h3-6H,1-2H3,(H,15,19)(H,16,17,18). The molecule has 1 amide bonds. The Balaban J connectivity index is 2.13. The van der Waals surface area contributed by atoms with Gasteiger partial charge in [0.15, 0.2) is 0 Å². The fourth-order valence-corrected chi connectivity index (χ4v) is 1.51. The van der Waals surface area contributed by atoms with E-state index in [0.717, 1.165) is 6.07 Å². The van der Waals surface area contributed by atoms with Crippen molar-refractivity contribution in [2.75, 3.05) is 5.32 Å². The molecule has 2 rings (SSSR count). The van der Waals surface area contributed by atoms with Crippen LogP contribution in [-0.4, -0.2) is 21.1 Å². The lowest BCUT2D eigenvalue weighted by molar-refractivity contribution is 0.101. The van der Waals surface area contributed by atoms with Crippen LogP contribution in [0.3, 0.4) is 0 Å². The predicted octanol–water partition coefficient (Wildman–Crippen LogP) is 2.97. The van der Waals surface area contributed by atoms with Gasteiger partial charge < -0.3 is 5.32 Å². The summed E-state index contributed by atoms with van der Waals surface area (Å²) >= 11 is 5.55. The number of rotatable bonds is 3. The fraction of sp³-hybridized carbons (Fsp3) is 0.250. The molecule has 1 aromatic carbocycles. The zero-order valence-electron chi connectivity index (χ0n) is 10.4. The van der Waals surface area contributed by atoms with E-state index in [2.05, 4.69) is 20.5 Å². The molecule has 0 spiro atoms. The molecule has 0 aliphatic rings. The van der Waals surface area contributed by atoms with Crippen molar-refractivity contribution in [1.29, 1.82) is 0 Å². The van der Waals surface area contributed by atoms with Crippen molar-refractivity contribution in [3.05, 3.63) is 40.7 Å². The predicted molar refractivity (Wildman–Crippen MR) is 69.8 cm³/mol. The molecular weight excluding hydrogens is 271 g/mol. The van der Waals surface area contributed by atoms with E-state index in [-0.39, 0.29) is 16.8 Å². The number of carbonyl (C=O) groups is 1. The van der Waals surface area contributed by atoms with Gasteiger partial charge in [-0.1, -0.05) is 25.4 Å². The normalized spacial score (nSPS) is 10.8. The average Bonchev–Trinajstić information content (AvgIpc) is 2.83.